The predicted molar refractivity (Wildman–Crippen MR) is 69.5 cm³/mol. The van der Waals surface area contributed by atoms with Crippen LogP contribution in [0.3, 0.4) is 0 Å². The minimum Gasteiger partial charge on any atom is -0.309 e. The lowest BCUT2D eigenvalue weighted by Crippen LogP contribution is -2.26. The second kappa shape index (κ2) is 4.14. The molecule has 2 aromatic rings. The van der Waals surface area contributed by atoms with Crippen LogP contribution in [0.5, 0.6) is 0 Å². The van der Waals surface area contributed by atoms with E-state index in [1.807, 2.05) is 6.07 Å². The van der Waals surface area contributed by atoms with Crippen molar-refractivity contribution < 1.29 is 0 Å². The highest BCUT2D eigenvalue weighted by molar-refractivity contribution is 6.31. The van der Waals surface area contributed by atoms with Crippen molar-refractivity contribution in [1.29, 1.82) is 0 Å². The van der Waals surface area contributed by atoms with Gasteiger partial charge in [-0.25, -0.2) is 9.97 Å². The van der Waals surface area contributed by atoms with Gasteiger partial charge >= 0.3 is 0 Å². The number of hydrogen-bond acceptors (Lipinski definition) is 2. The normalized spacial score (nSPS) is 23.9. The molecule has 1 aliphatic carbocycles. The Hall–Kier alpha value is -0.800. The first kappa shape index (κ1) is 11.3. The van der Waals surface area contributed by atoms with Gasteiger partial charge in [-0.3, -0.25) is 0 Å². The number of halogens is 2. The number of pyridine rings is 1. The maximum atomic E-state index is 5.96. The molecule has 0 aromatic carbocycles. The zero-order valence-electron chi connectivity index (χ0n) is 9.53. The van der Waals surface area contributed by atoms with Crippen LogP contribution >= 0.6 is 23.2 Å². The van der Waals surface area contributed by atoms with Crippen LogP contribution < -0.4 is 0 Å². The van der Waals surface area contributed by atoms with E-state index in [9.17, 15) is 0 Å². The van der Waals surface area contributed by atoms with E-state index in [1.54, 1.807) is 6.20 Å². The Morgan fingerprint density at radius 2 is 2.24 bits per heavy atom. The standard InChI is InChI=1S/C12H13Cl2N3/c1-7-2-9(3-7)17-11(5-13)16-10-4-8(14)6-15-12(10)17/h4,6-7,9H,2-3,5H2,1H3. The summed E-state index contributed by atoms with van der Waals surface area (Å²) in [5.74, 6) is 2.10. The fourth-order valence-corrected chi connectivity index (χ4v) is 2.89. The van der Waals surface area contributed by atoms with Gasteiger partial charge in [0.15, 0.2) is 5.65 Å². The van der Waals surface area contributed by atoms with Crippen molar-refractivity contribution in [2.75, 3.05) is 0 Å². The molecule has 2 heterocycles. The van der Waals surface area contributed by atoms with E-state index in [0.29, 0.717) is 16.9 Å². The largest absolute Gasteiger partial charge is 0.309 e. The van der Waals surface area contributed by atoms with E-state index in [-0.39, 0.29) is 0 Å². The monoisotopic (exact) mass is 269 g/mol. The van der Waals surface area contributed by atoms with Gasteiger partial charge in [-0.2, -0.15) is 0 Å². The lowest BCUT2D eigenvalue weighted by atomic mass is 9.81. The van der Waals surface area contributed by atoms with Gasteiger partial charge in [0.2, 0.25) is 0 Å². The van der Waals surface area contributed by atoms with Gasteiger partial charge in [-0.1, -0.05) is 18.5 Å². The van der Waals surface area contributed by atoms with Crippen molar-refractivity contribution in [3.63, 3.8) is 0 Å². The number of hydrogen-bond donors (Lipinski definition) is 0. The number of fused-ring (bicyclic) bond motifs is 1. The molecule has 0 unspecified atom stereocenters. The van der Waals surface area contributed by atoms with Gasteiger partial charge in [-0.15, -0.1) is 11.6 Å². The number of rotatable bonds is 2. The average molecular weight is 270 g/mol. The van der Waals surface area contributed by atoms with Crippen LogP contribution in [0.15, 0.2) is 12.3 Å². The fraction of sp³-hybridized carbons (Fsp3) is 0.500. The minimum atomic E-state index is 0.416. The number of aromatic nitrogens is 3. The van der Waals surface area contributed by atoms with E-state index >= 15 is 0 Å². The quantitative estimate of drug-likeness (QED) is 0.777. The first-order valence-corrected chi connectivity index (χ1v) is 6.68. The van der Waals surface area contributed by atoms with E-state index in [4.69, 9.17) is 23.2 Å². The SMILES string of the molecule is CC1CC(n2c(CCl)nc3cc(Cl)cnc32)C1. The smallest absolute Gasteiger partial charge is 0.160 e. The lowest BCUT2D eigenvalue weighted by molar-refractivity contribution is 0.217. The highest BCUT2D eigenvalue weighted by atomic mass is 35.5. The van der Waals surface area contributed by atoms with Crippen LogP contribution in [-0.4, -0.2) is 14.5 Å². The molecule has 2 aromatic heterocycles. The molecule has 0 aliphatic heterocycles. The summed E-state index contributed by atoms with van der Waals surface area (Å²) in [5.41, 5.74) is 1.75. The van der Waals surface area contributed by atoms with E-state index in [0.717, 1.165) is 22.9 Å². The molecule has 1 fully saturated rings. The van der Waals surface area contributed by atoms with Gasteiger partial charge in [0.1, 0.15) is 11.3 Å². The third kappa shape index (κ3) is 1.81. The van der Waals surface area contributed by atoms with Gasteiger partial charge in [0, 0.05) is 12.2 Å². The molecule has 17 heavy (non-hydrogen) atoms. The third-order valence-electron chi connectivity index (χ3n) is 3.40. The van der Waals surface area contributed by atoms with Crippen LogP contribution in [0.1, 0.15) is 31.6 Å². The Morgan fingerprint density at radius 1 is 1.47 bits per heavy atom. The summed E-state index contributed by atoms with van der Waals surface area (Å²) in [6.45, 7) is 2.26. The van der Waals surface area contributed by atoms with E-state index < -0.39 is 0 Å². The van der Waals surface area contributed by atoms with Crippen molar-refractivity contribution in [3.05, 3.63) is 23.1 Å². The summed E-state index contributed by atoms with van der Waals surface area (Å²) in [4.78, 5) is 8.89. The zero-order chi connectivity index (χ0) is 12.0. The molecule has 0 N–H and O–H groups in total. The Morgan fingerprint density at radius 3 is 2.88 bits per heavy atom. The van der Waals surface area contributed by atoms with E-state index in [1.165, 1.54) is 12.8 Å². The first-order valence-electron chi connectivity index (χ1n) is 5.77. The van der Waals surface area contributed by atoms with Gasteiger partial charge in [0.25, 0.3) is 0 Å². The molecular weight excluding hydrogens is 257 g/mol. The van der Waals surface area contributed by atoms with Crippen molar-refractivity contribution in [2.45, 2.75) is 31.7 Å². The maximum Gasteiger partial charge on any atom is 0.160 e. The Bertz CT molecular complexity index is 558. The summed E-state index contributed by atoms with van der Waals surface area (Å²) < 4.78 is 2.18. The van der Waals surface area contributed by atoms with Crippen molar-refractivity contribution in [3.8, 4) is 0 Å². The molecule has 0 bridgehead atoms. The second-order valence-corrected chi connectivity index (χ2v) is 5.46. The highest BCUT2D eigenvalue weighted by Gasteiger charge is 2.30. The van der Waals surface area contributed by atoms with Crippen molar-refractivity contribution >= 4 is 34.4 Å². The molecule has 1 aliphatic rings. The molecule has 90 valence electrons. The second-order valence-electron chi connectivity index (χ2n) is 4.76. The molecule has 3 nitrogen and oxygen atoms in total. The van der Waals surface area contributed by atoms with Gasteiger partial charge in [-0.05, 0) is 24.8 Å². The first-order chi connectivity index (χ1) is 8.19. The molecule has 0 saturated heterocycles. The summed E-state index contributed by atoms with van der Waals surface area (Å²) >= 11 is 11.9. The molecule has 0 radical (unpaired) electrons. The maximum absolute atomic E-state index is 5.96. The van der Waals surface area contributed by atoms with Gasteiger partial charge < -0.3 is 4.57 Å². The fourth-order valence-electron chi connectivity index (χ4n) is 2.55. The Balaban J connectivity index is 2.13. The summed E-state index contributed by atoms with van der Waals surface area (Å²) in [7, 11) is 0. The van der Waals surface area contributed by atoms with E-state index in [2.05, 4.69) is 21.5 Å². The number of imidazole rings is 1. The molecule has 5 heteroatoms. The van der Waals surface area contributed by atoms with Crippen LogP contribution in [0.25, 0.3) is 11.2 Å². The number of nitrogens with zero attached hydrogens (tertiary/aromatic N) is 3. The summed E-state index contributed by atoms with van der Waals surface area (Å²) in [5, 5.41) is 0.616. The summed E-state index contributed by atoms with van der Waals surface area (Å²) in [6.07, 6.45) is 4.03. The molecule has 1 saturated carbocycles. The lowest BCUT2D eigenvalue weighted by Gasteiger charge is -2.34. The number of alkyl halides is 1. The Labute approximate surface area is 110 Å². The van der Waals surface area contributed by atoms with Crippen LogP contribution in [-0.2, 0) is 5.88 Å². The van der Waals surface area contributed by atoms with Crippen molar-refractivity contribution in [1.82, 2.24) is 14.5 Å². The van der Waals surface area contributed by atoms with Crippen LogP contribution in [0.4, 0.5) is 0 Å². The van der Waals surface area contributed by atoms with Crippen LogP contribution in [0.2, 0.25) is 5.02 Å². The Kier molecular flexibility index (Phi) is 2.75. The predicted octanol–water partition coefficient (Wildman–Crippen LogP) is 3.79. The molecule has 3 rings (SSSR count). The zero-order valence-corrected chi connectivity index (χ0v) is 11.0. The molecule has 0 atom stereocenters. The summed E-state index contributed by atoms with van der Waals surface area (Å²) in [6, 6.07) is 2.34. The highest BCUT2D eigenvalue weighted by Crippen LogP contribution is 2.40. The average Bonchev–Trinajstić information content (AvgIpc) is 2.62. The minimum absolute atomic E-state index is 0.416. The topological polar surface area (TPSA) is 30.7 Å². The van der Waals surface area contributed by atoms with Gasteiger partial charge in [0.05, 0.1) is 10.9 Å². The van der Waals surface area contributed by atoms with Crippen LogP contribution in [0, 0.1) is 5.92 Å². The third-order valence-corrected chi connectivity index (χ3v) is 3.85. The van der Waals surface area contributed by atoms with Crippen molar-refractivity contribution in [2.24, 2.45) is 5.92 Å². The molecule has 0 amide bonds. The molecular formula is C12H13Cl2N3. The molecule has 0 spiro atoms.